The molecule has 0 atom stereocenters. The van der Waals surface area contributed by atoms with Gasteiger partial charge in [-0.05, 0) is 44.4 Å². The molecule has 2 aliphatic rings. The van der Waals surface area contributed by atoms with Crippen molar-refractivity contribution in [2.24, 2.45) is 5.92 Å². The van der Waals surface area contributed by atoms with Crippen molar-refractivity contribution >= 4 is 5.78 Å². The first-order chi connectivity index (χ1) is 7.77. The second kappa shape index (κ2) is 5.28. The van der Waals surface area contributed by atoms with Crippen molar-refractivity contribution in [2.75, 3.05) is 20.3 Å². The third kappa shape index (κ3) is 2.46. The highest BCUT2D eigenvalue weighted by Gasteiger charge is 2.41. The molecule has 0 aromatic rings. The zero-order valence-corrected chi connectivity index (χ0v) is 10.2. The summed E-state index contributed by atoms with van der Waals surface area (Å²) >= 11 is 0. The summed E-state index contributed by atoms with van der Waals surface area (Å²) in [5, 5.41) is 0. The summed E-state index contributed by atoms with van der Waals surface area (Å²) in [5.41, 5.74) is -0.432. The van der Waals surface area contributed by atoms with Crippen LogP contribution < -0.4 is 0 Å². The van der Waals surface area contributed by atoms with Gasteiger partial charge in [-0.1, -0.05) is 0 Å². The molecule has 0 bridgehead atoms. The summed E-state index contributed by atoms with van der Waals surface area (Å²) in [4.78, 5) is 12.3. The Kier molecular flexibility index (Phi) is 3.98. The molecule has 92 valence electrons. The highest BCUT2D eigenvalue weighted by Crippen LogP contribution is 2.36. The van der Waals surface area contributed by atoms with Crippen LogP contribution in [0.15, 0.2) is 0 Å². The van der Waals surface area contributed by atoms with Crippen molar-refractivity contribution in [3.05, 3.63) is 0 Å². The van der Waals surface area contributed by atoms with Crippen LogP contribution in [0, 0.1) is 5.92 Å². The average molecular weight is 226 g/mol. The van der Waals surface area contributed by atoms with E-state index >= 15 is 0 Å². The van der Waals surface area contributed by atoms with Crippen LogP contribution in [-0.4, -0.2) is 31.7 Å². The van der Waals surface area contributed by atoms with Crippen molar-refractivity contribution in [3.63, 3.8) is 0 Å². The van der Waals surface area contributed by atoms with E-state index in [1.807, 2.05) is 0 Å². The molecule has 16 heavy (non-hydrogen) atoms. The zero-order chi connectivity index (χ0) is 11.4. The number of Topliss-reactive ketones (excluding diaryl/α,β-unsaturated/α-hetero) is 1. The van der Waals surface area contributed by atoms with Crippen LogP contribution in [0.1, 0.15) is 44.9 Å². The molecule has 1 heterocycles. The summed E-state index contributed by atoms with van der Waals surface area (Å²) in [7, 11) is 1.69. The van der Waals surface area contributed by atoms with E-state index in [-0.39, 0.29) is 0 Å². The Hall–Kier alpha value is -0.410. The fraction of sp³-hybridized carbons (Fsp3) is 0.923. The van der Waals surface area contributed by atoms with Gasteiger partial charge >= 0.3 is 0 Å². The number of rotatable bonds is 4. The van der Waals surface area contributed by atoms with Gasteiger partial charge in [-0.25, -0.2) is 0 Å². The van der Waals surface area contributed by atoms with Gasteiger partial charge in [0.25, 0.3) is 0 Å². The van der Waals surface area contributed by atoms with Gasteiger partial charge in [-0.15, -0.1) is 0 Å². The first-order valence-corrected chi connectivity index (χ1v) is 6.43. The molecule has 3 nitrogen and oxygen atoms in total. The van der Waals surface area contributed by atoms with E-state index in [1.54, 1.807) is 7.11 Å². The molecule has 3 heteroatoms. The predicted molar refractivity (Wildman–Crippen MR) is 61.4 cm³/mol. The first kappa shape index (κ1) is 12.1. The quantitative estimate of drug-likeness (QED) is 0.738. The Bertz CT molecular complexity index is 238. The van der Waals surface area contributed by atoms with Gasteiger partial charge in [0.2, 0.25) is 0 Å². The van der Waals surface area contributed by atoms with Crippen LogP contribution in [0.2, 0.25) is 0 Å². The number of ether oxygens (including phenoxy) is 2. The fourth-order valence-corrected chi connectivity index (χ4v) is 2.94. The Labute approximate surface area is 97.5 Å². The number of methoxy groups -OCH3 is 1. The normalized spacial score (nSPS) is 25.8. The van der Waals surface area contributed by atoms with E-state index in [9.17, 15) is 4.79 Å². The number of ketones is 1. The van der Waals surface area contributed by atoms with Gasteiger partial charge < -0.3 is 9.47 Å². The molecular formula is C13H22O3. The van der Waals surface area contributed by atoms with E-state index in [2.05, 4.69) is 0 Å². The third-order valence-electron chi connectivity index (χ3n) is 4.13. The SMILES string of the molecule is COC1(C(=O)CC2CCOCC2)CCCC1. The summed E-state index contributed by atoms with van der Waals surface area (Å²) in [6, 6.07) is 0. The Morgan fingerprint density at radius 1 is 1.31 bits per heavy atom. The lowest BCUT2D eigenvalue weighted by molar-refractivity contribution is -0.142. The summed E-state index contributed by atoms with van der Waals surface area (Å²) in [6.07, 6.45) is 6.87. The van der Waals surface area contributed by atoms with Crippen LogP contribution in [0.4, 0.5) is 0 Å². The van der Waals surface area contributed by atoms with Gasteiger partial charge in [0.15, 0.2) is 5.78 Å². The first-order valence-electron chi connectivity index (χ1n) is 6.43. The molecule has 1 saturated carbocycles. The molecule has 0 aromatic heterocycles. The molecule has 2 fully saturated rings. The molecule has 0 unspecified atom stereocenters. The summed E-state index contributed by atoms with van der Waals surface area (Å²) < 4.78 is 10.8. The minimum absolute atomic E-state index is 0.333. The van der Waals surface area contributed by atoms with Crippen molar-refractivity contribution in [1.82, 2.24) is 0 Å². The molecule has 0 radical (unpaired) electrons. The average Bonchev–Trinajstić information content (AvgIpc) is 2.80. The molecule has 2 rings (SSSR count). The van der Waals surface area contributed by atoms with Gasteiger partial charge in [0.1, 0.15) is 5.60 Å². The van der Waals surface area contributed by atoms with Crippen LogP contribution in [0.3, 0.4) is 0 Å². The van der Waals surface area contributed by atoms with E-state index in [0.29, 0.717) is 18.1 Å². The Morgan fingerprint density at radius 2 is 1.94 bits per heavy atom. The van der Waals surface area contributed by atoms with E-state index in [4.69, 9.17) is 9.47 Å². The highest BCUT2D eigenvalue weighted by atomic mass is 16.5. The Morgan fingerprint density at radius 3 is 2.50 bits per heavy atom. The van der Waals surface area contributed by atoms with Crippen molar-refractivity contribution in [3.8, 4) is 0 Å². The highest BCUT2D eigenvalue weighted by molar-refractivity contribution is 5.87. The number of carbonyl (C=O) groups is 1. The topological polar surface area (TPSA) is 35.5 Å². The van der Waals surface area contributed by atoms with Crippen LogP contribution in [-0.2, 0) is 14.3 Å². The lowest BCUT2D eigenvalue weighted by atomic mass is 9.86. The van der Waals surface area contributed by atoms with Gasteiger partial charge in [0, 0.05) is 26.7 Å². The van der Waals surface area contributed by atoms with Gasteiger partial charge in [-0.3, -0.25) is 4.79 Å². The summed E-state index contributed by atoms with van der Waals surface area (Å²) in [6.45, 7) is 1.63. The lowest BCUT2D eigenvalue weighted by Gasteiger charge is -2.29. The molecular weight excluding hydrogens is 204 g/mol. The minimum atomic E-state index is -0.432. The third-order valence-corrected chi connectivity index (χ3v) is 4.13. The molecule has 1 aliphatic carbocycles. The standard InChI is InChI=1S/C13H22O3/c1-15-13(6-2-3-7-13)12(14)10-11-4-8-16-9-5-11/h11H,2-10H2,1H3. The van der Waals surface area contributed by atoms with Crippen LogP contribution in [0.25, 0.3) is 0 Å². The monoisotopic (exact) mass is 226 g/mol. The predicted octanol–water partition coefficient (Wildman–Crippen LogP) is 2.33. The largest absolute Gasteiger partial charge is 0.381 e. The molecule has 0 N–H and O–H groups in total. The van der Waals surface area contributed by atoms with E-state index in [0.717, 1.165) is 51.7 Å². The summed E-state index contributed by atoms with van der Waals surface area (Å²) in [5.74, 6) is 0.855. The number of hydrogen-bond acceptors (Lipinski definition) is 3. The van der Waals surface area contributed by atoms with Crippen molar-refractivity contribution < 1.29 is 14.3 Å². The maximum atomic E-state index is 12.3. The van der Waals surface area contributed by atoms with E-state index in [1.165, 1.54) is 0 Å². The fourth-order valence-electron chi connectivity index (χ4n) is 2.94. The van der Waals surface area contributed by atoms with Crippen LogP contribution in [0.5, 0.6) is 0 Å². The maximum absolute atomic E-state index is 12.3. The Balaban J connectivity index is 1.90. The number of hydrogen-bond donors (Lipinski definition) is 0. The van der Waals surface area contributed by atoms with Crippen LogP contribution >= 0.6 is 0 Å². The molecule has 1 saturated heterocycles. The second-order valence-electron chi connectivity index (χ2n) is 5.09. The van der Waals surface area contributed by atoms with Gasteiger partial charge in [-0.2, -0.15) is 0 Å². The second-order valence-corrected chi connectivity index (χ2v) is 5.09. The molecule has 0 spiro atoms. The minimum Gasteiger partial charge on any atom is -0.381 e. The molecule has 0 aromatic carbocycles. The van der Waals surface area contributed by atoms with Crippen molar-refractivity contribution in [1.29, 1.82) is 0 Å². The van der Waals surface area contributed by atoms with Crippen molar-refractivity contribution in [2.45, 2.75) is 50.5 Å². The smallest absolute Gasteiger partial charge is 0.164 e. The van der Waals surface area contributed by atoms with E-state index < -0.39 is 5.60 Å². The van der Waals surface area contributed by atoms with Gasteiger partial charge in [0.05, 0.1) is 0 Å². The zero-order valence-electron chi connectivity index (χ0n) is 10.2. The molecule has 1 aliphatic heterocycles. The molecule has 0 amide bonds. The number of carbonyl (C=O) groups excluding carboxylic acids is 1. The maximum Gasteiger partial charge on any atom is 0.164 e. The lowest BCUT2D eigenvalue weighted by Crippen LogP contribution is -2.39.